The topological polar surface area (TPSA) is 53.8 Å². The van der Waals surface area contributed by atoms with Crippen molar-refractivity contribution in [1.82, 2.24) is 9.80 Å². The molecule has 1 fully saturated rings. The maximum atomic E-state index is 12.4. The zero-order valence-corrected chi connectivity index (χ0v) is 15.6. The maximum absolute atomic E-state index is 12.4. The van der Waals surface area contributed by atoms with Crippen LogP contribution in [0.4, 0.5) is 0 Å². The Hall–Kier alpha value is -1.63. The number of piperazine rings is 1. The average molecular weight is 399 g/mol. The van der Waals surface area contributed by atoms with Crippen molar-refractivity contribution < 1.29 is 14.0 Å². The number of thioether (sulfide) groups is 1. The van der Waals surface area contributed by atoms with Gasteiger partial charge in [-0.2, -0.15) is 0 Å². The van der Waals surface area contributed by atoms with Crippen LogP contribution in [0.3, 0.4) is 0 Å². The second-order valence-corrected chi connectivity index (χ2v) is 7.37. The number of rotatable bonds is 4. The van der Waals surface area contributed by atoms with Gasteiger partial charge < -0.3 is 14.2 Å². The van der Waals surface area contributed by atoms with Gasteiger partial charge in [0.25, 0.3) is 5.91 Å². The van der Waals surface area contributed by atoms with Crippen molar-refractivity contribution in [3.8, 4) is 0 Å². The van der Waals surface area contributed by atoms with E-state index in [2.05, 4.69) is 0 Å². The number of amides is 2. The van der Waals surface area contributed by atoms with Crippen molar-refractivity contribution in [2.45, 2.75) is 4.90 Å². The predicted molar refractivity (Wildman–Crippen MR) is 98.4 cm³/mol. The van der Waals surface area contributed by atoms with Gasteiger partial charge in [-0.25, -0.2) is 0 Å². The summed E-state index contributed by atoms with van der Waals surface area (Å²) in [6.07, 6.45) is 1.48. The summed E-state index contributed by atoms with van der Waals surface area (Å²) in [5.41, 5.74) is 0. The molecule has 0 radical (unpaired) electrons. The van der Waals surface area contributed by atoms with Crippen molar-refractivity contribution in [2.75, 3.05) is 31.9 Å². The van der Waals surface area contributed by atoms with Gasteiger partial charge in [0.05, 0.1) is 17.0 Å². The average Bonchev–Trinajstić information content (AvgIpc) is 3.16. The minimum atomic E-state index is -0.141. The Bertz CT molecular complexity index is 759. The lowest BCUT2D eigenvalue weighted by Crippen LogP contribution is -2.51. The van der Waals surface area contributed by atoms with Crippen LogP contribution < -0.4 is 0 Å². The highest BCUT2D eigenvalue weighted by Gasteiger charge is 2.26. The second-order valence-electron chi connectivity index (χ2n) is 5.51. The maximum Gasteiger partial charge on any atom is 0.289 e. The van der Waals surface area contributed by atoms with Crippen molar-refractivity contribution >= 4 is 46.8 Å². The third-order valence-electron chi connectivity index (χ3n) is 3.90. The summed E-state index contributed by atoms with van der Waals surface area (Å²) in [7, 11) is 0. The molecule has 2 heterocycles. The number of hydrogen-bond acceptors (Lipinski definition) is 4. The number of carbonyl (C=O) groups excluding carboxylic acids is 2. The third-order valence-corrected chi connectivity index (χ3v) is 5.61. The van der Waals surface area contributed by atoms with Gasteiger partial charge in [0, 0.05) is 36.1 Å². The fourth-order valence-electron chi connectivity index (χ4n) is 2.53. The summed E-state index contributed by atoms with van der Waals surface area (Å²) in [5.74, 6) is 0.487. The van der Waals surface area contributed by atoms with Crippen LogP contribution in [0.15, 0.2) is 45.9 Å². The van der Waals surface area contributed by atoms with E-state index in [1.165, 1.54) is 18.0 Å². The minimum absolute atomic E-state index is 0.0196. The fraction of sp³-hybridized carbons (Fsp3) is 0.294. The molecule has 2 amide bonds. The zero-order chi connectivity index (χ0) is 17.8. The van der Waals surface area contributed by atoms with Crippen LogP contribution in [0.1, 0.15) is 10.6 Å². The molecule has 1 aromatic carbocycles. The molecule has 0 unspecified atom stereocenters. The summed E-state index contributed by atoms with van der Waals surface area (Å²) in [5, 5.41) is 1.17. The van der Waals surface area contributed by atoms with Crippen molar-refractivity contribution in [3.63, 3.8) is 0 Å². The van der Waals surface area contributed by atoms with Gasteiger partial charge in [-0.05, 0) is 30.3 Å². The first-order valence-electron chi connectivity index (χ1n) is 7.73. The quantitative estimate of drug-likeness (QED) is 0.737. The Morgan fingerprint density at radius 1 is 1.08 bits per heavy atom. The van der Waals surface area contributed by atoms with Gasteiger partial charge in [-0.3, -0.25) is 9.59 Å². The fourth-order valence-corrected chi connectivity index (χ4v) is 3.93. The van der Waals surface area contributed by atoms with Crippen molar-refractivity contribution in [3.05, 3.63) is 52.4 Å². The molecule has 0 spiro atoms. The van der Waals surface area contributed by atoms with E-state index in [1.54, 1.807) is 40.1 Å². The number of halogens is 2. The molecular formula is C17H16Cl2N2O3S. The lowest BCUT2D eigenvalue weighted by Gasteiger charge is -2.34. The van der Waals surface area contributed by atoms with Crippen LogP contribution in [-0.4, -0.2) is 53.5 Å². The highest BCUT2D eigenvalue weighted by atomic mass is 35.5. The predicted octanol–water partition coefficient (Wildman–Crippen LogP) is 3.66. The first-order valence-corrected chi connectivity index (χ1v) is 9.47. The normalized spacial score (nSPS) is 14.6. The van der Waals surface area contributed by atoms with Gasteiger partial charge in [0.15, 0.2) is 5.76 Å². The van der Waals surface area contributed by atoms with E-state index in [0.717, 1.165) is 4.90 Å². The summed E-state index contributed by atoms with van der Waals surface area (Å²) in [6, 6.07) is 8.51. The molecule has 1 aromatic heterocycles. The summed E-state index contributed by atoms with van der Waals surface area (Å²) >= 11 is 13.4. The summed E-state index contributed by atoms with van der Waals surface area (Å²) in [6.45, 7) is 2.01. The van der Waals surface area contributed by atoms with E-state index in [9.17, 15) is 9.59 Å². The van der Waals surface area contributed by atoms with E-state index < -0.39 is 0 Å². The van der Waals surface area contributed by atoms with Crippen LogP contribution in [0.25, 0.3) is 0 Å². The SMILES string of the molecule is O=C(CSc1cc(Cl)ccc1Cl)N1CCN(C(=O)c2ccco2)CC1. The zero-order valence-electron chi connectivity index (χ0n) is 13.3. The molecule has 0 N–H and O–H groups in total. The number of nitrogens with zero attached hydrogens (tertiary/aromatic N) is 2. The molecule has 5 nitrogen and oxygen atoms in total. The third kappa shape index (κ3) is 4.51. The lowest BCUT2D eigenvalue weighted by atomic mass is 10.3. The Balaban J connectivity index is 1.50. The Morgan fingerprint density at radius 2 is 1.80 bits per heavy atom. The highest BCUT2D eigenvalue weighted by molar-refractivity contribution is 8.00. The second kappa shape index (κ2) is 8.17. The standard InChI is InChI=1S/C17H16Cl2N2O3S/c18-12-3-4-13(19)15(10-12)25-11-16(22)20-5-7-21(8-6-20)17(23)14-2-1-9-24-14/h1-4,9-10H,5-8,11H2. The van der Waals surface area contributed by atoms with Crippen LogP contribution in [0.2, 0.25) is 10.0 Å². The Labute approximate surface area is 159 Å². The van der Waals surface area contributed by atoms with Crippen LogP contribution in [-0.2, 0) is 4.79 Å². The van der Waals surface area contributed by atoms with Gasteiger partial charge in [0.1, 0.15) is 0 Å². The molecule has 0 saturated carbocycles. The van der Waals surface area contributed by atoms with Crippen LogP contribution in [0, 0.1) is 0 Å². The van der Waals surface area contributed by atoms with Crippen molar-refractivity contribution in [2.24, 2.45) is 0 Å². The molecular weight excluding hydrogens is 383 g/mol. The Morgan fingerprint density at radius 3 is 2.48 bits per heavy atom. The molecule has 2 aromatic rings. The number of benzene rings is 1. The van der Waals surface area contributed by atoms with Crippen LogP contribution >= 0.6 is 35.0 Å². The minimum Gasteiger partial charge on any atom is -0.459 e. The number of furan rings is 1. The summed E-state index contributed by atoms with van der Waals surface area (Å²) < 4.78 is 5.13. The molecule has 132 valence electrons. The number of hydrogen-bond donors (Lipinski definition) is 0. The molecule has 25 heavy (non-hydrogen) atoms. The van der Waals surface area contributed by atoms with E-state index in [1.807, 2.05) is 0 Å². The monoisotopic (exact) mass is 398 g/mol. The molecule has 0 atom stereocenters. The first-order chi connectivity index (χ1) is 12.0. The van der Waals surface area contributed by atoms with Gasteiger partial charge in [-0.15, -0.1) is 11.8 Å². The van der Waals surface area contributed by atoms with Gasteiger partial charge >= 0.3 is 0 Å². The first kappa shape index (κ1) is 18.2. The number of carbonyl (C=O) groups is 2. The Kier molecular flexibility index (Phi) is 5.93. The van der Waals surface area contributed by atoms with E-state index >= 15 is 0 Å². The van der Waals surface area contributed by atoms with Crippen molar-refractivity contribution in [1.29, 1.82) is 0 Å². The van der Waals surface area contributed by atoms with Gasteiger partial charge in [-0.1, -0.05) is 23.2 Å². The summed E-state index contributed by atoms with van der Waals surface area (Å²) in [4.78, 5) is 28.8. The van der Waals surface area contributed by atoms with Crippen LogP contribution in [0.5, 0.6) is 0 Å². The molecule has 0 bridgehead atoms. The molecule has 1 aliphatic heterocycles. The van der Waals surface area contributed by atoms with E-state index in [-0.39, 0.29) is 17.6 Å². The van der Waals surface area contributed by atoms with E-state index in [0.29, 0.717) is 42.0 Å². The van der Waals surface area contributed by atoms with Gasteiger partial charge in [0.2, 0.25) is 5.91 Å². The largest absolute Gasteiger partial charge is 0.459 e. The molecule has 3 rings (SSSR count). The molecule has 1 saturated heterocycles. The molecule has 0 aliphatic carbocycles. The lowest BCUT2D eigenvalue weighted by molar-refractivity contribution is -0.129. The molecule has 1 aliphatic rings. The highest BCUT2D eigenvalue weighted by Crippen LogP contribution is 2.30. The van der Waals surface area contributed by atoms with E-state index in [4.69, 9.17) is 27.6 Å². The molecule has 8 heteroatoms. The smallest absolute Gasteiger partial charge is 0.289 e.